The van der Waals surface area contributed by atoms with Crippen LogP contribution in [0.4, 0.5) is 0 Å². The summed E-state index contributed by atoms with van der Waals surface area (Å²) in [6, 6.07) is 0. The molecular formula is C27H47O6P. The Bertz CT molecular complexity index is 781. The van der Waals surface area contributed by atoms with Gasteiger partial charge in [-0.15, -0.1) is 0 Å². The van der Waals surface area contributed by atoms with Gasteiger partial charge in [-0.3, -0.25) is 4.79 Å². The van der Waals surface area contributed by atoms with Crippen LogP contribution < -0.4 is 0 Å². The first-order chi connectivity index (χ1) is 15.9. The van der Waals surface area contributed by atoms with Crippen LogP contribution in [-0.2, 0) is 18.6 Å². The van der Waals surface area contributed by atoms with Crippen LogP contribution in [0, 0.1) is 64.6 Å². The smallest absolute Gasteiger partial charge is 0.438 e. The van der Waals surface area contributed by atoms with Crippen LogP contribution >= 0.6 is 7.82 Å². The van der Waals surface area contributed by atoms with Crippen molar-refractivity contribution < 1.29 is 28.4 Å². The lowest BCUT2D eigenvalue weighted by Crippen LogP contribution is -2.53. The number of ether oxygens (including phenoxy) is 1. The largest absolute Gasteiger partial charge is 0.472 e. The molecule has 4 aliphatic rings. The van der Waals surface area contributed by atoms with E-state index in [9.17, 15) is 9.36 Å². The van der Waals surface area contributed by atoms with Crippen LogP contribution in [0.5, 0.6) is 0 Å². The molecule has 11 unspecified atom stereocenters. The molecule has 6 nitrogen and oxygen atoms in total. The summed E-state index contributed by atoms with van der Waals surface area (Å²) in [7, 11) is -4.61. The third-order valence-corrected chi connectivity index (χ3v) is 11.3. The highest BCUT2D eigenvalue weighted by molar-refractivity contribution is 7.46. The fraction of sp³-hybridized carbons (Fsp3) is 0.963. The maximum atomic E-state index is 12.1. The fourth-order valence-corrected chi connectivity index (χ4v) is 10.1. The summed E-state index contributed by atoms with van der Waals surface area (Å²) in [5.74, 6) is 7.66. The number of fused-ring (bicyclic) bond motifs is 5. The molecule has 0 bridgehead atoms. The molecule has 4 aliphatic carbocycles. The predicted molar refractivity (Wildman–Crippen MR) is 131 cm³/mol. The minimum absolute atomic E-state index is 0.269. The molecule has 7 heteroatoms. The maximum absolute atomic E-state index is 12.1. The minimum atomic E-state index is -4.61. The molecule has 0 heterocycles. The number of carbonyl (C=O) groups excluding carboxylic acids is 1. The quantitative estimate of drug-likeness (QED) is 0.239. The van der Waals surface area contributed by atoms with E-state index in [-0.39, 0.29) is 6.42 Å². The van der Waals surface area contributed by atoms with Gasteiger partial charge in [-0.05, 0) is 116 Å². The van der Waals surface area contributed by atoms with Gasteiger partial charge in [0.25, 0.3) is 0 Å². The average molecular weight is 499 g/mol. The molecule has 196 valence electrons. The summed E-state index contributed by atoms with van der Waals surface area (Å²) in [5.41, 5.74) is 0.361. The topological polar surface area (TPSA) is 93.1 Å². The summed E-state index contributed by atoms with van der Waals surface area (Å²) in [5, 5.41) is 0. The normalized spacial score (nSPS) is 45.1. The van der Waals surface area contributed by atoms with Crippen molar-refractivity contribution in [1.29, 1.82) is 0 Å². The number of phosphoric ester groups is 1. The highest BCUT2D eigenvalue weighted by atomic mass is 31.2. The third kappa shape index (κ3) is 5.31. The first kappa shape index (κ1) is 26.6. The van der Waals surface area contributed by atoms with E-state index in [2.05, 4.69) is 39.1 Å². The Morgan fingerprint density at radius 1 is 1.06 bits per heavy atom. The van der Waals surface area contributed by atoms with Crippen molar-refractivity contribution >= 4 is 13.8 Å². The van der Waals surface area contributed by atoms with E-state index >= 15 is 0 Å². The van der Waals surface area contributed by atoms with E-state index < -0.39 is 20.6 Å². The molecule has 4 rings (SSSR count). The first-order valence-electron chi connectivity index (χ1n) is 13.8. The zero-order valence-corrected chi connectivity index (χ0v) is 22.7. The van der Waals surface area contributed by atoms with Gasteiger partial charge < -0.3 is 14.5 Å². The van der Waals surface area contributed by atoms with Crippen LogP contribution in [0.2, 0.25) is 0 Å². The summed E-state index contributed by atoms with van der Waals surface area (Å²) >= 11 is 0. The molecule has 2 N–H and O–H groups in total. The van der Waals surface area contributed by atoms with Gasteiger partial charge in [0, 0.05) is 6.42 Å². The van der Waals surface area contributed by atoms with Crippen molar-refractivity contribution in [1.82, 2.24) is 0 Å². The van der Waals surface area contributed by atoms with Crippen molar-refractivity contribution in [3.05, 3.63) is 0 Å². The Morgan fingerprint density at radius 3 is 2.47 bits per heavy atom. The Kier molecular flexibility index (Phi) is 7.95. The van der Waals surface area contributed by atoms with Gasteiger partial charge in [-0.2, -0.15) is 0 Å². The minimum Gasteiger partial charge on any atom is -0.438 e. The second-order valence-corrected chi connectivity index (χ2v) is 14.2. The summed E-state index contributed by atoms with van der Waals surface area (Å²) in [6.45, 7) is 11.7. The van der Waals surface area contributed by atoms with E-state index in [1.54, 1.807) is 0 Å². The van der Waals surface area contributed by atoms with E-state index in [0.717, 1.165) is 53.8 Å². The van der Waals surface area contributed by atoms with E-state index in [0.29, 0.717) is 17.3 Å². The van der Waals surface area contributed by atoms with Crippen molar-refractivity contribution in [2.45, 2.75) is 92.4 Å². The monoisotopic (exact) mass is 498 g/mol. The SMILES string of the molecule is CC1CC(C)C2C(C1)CC(C)C1C2CCC2(C)C(C(C)CCC(=O)OCOP(=O)(O)O)CCC12. The van der Waals surface area contributed by atoms with Crippen LogP contribution in [-0.4, -0.2) is 22.5 Å². The highest BCUT2D eigenvalue weighted by Gasteiger charge is 2.59. The molecule has 0 aromatic carbocycles. The molecule has 34 heavy (non-hydrogen) atoms. The summed E-state index contributed by atoms with van der Waals surface area (Å²) in [6.07, 6.45) is 10.6. The maximum Gasteiger partial charge on any atom is 0.472 e. The number of carbonyl (C=O) groups is 1. The van der Waals surface area contributed by atoms with Crippen LogP contribution in [0.3, 0.4) is 0 Å². The van der Waals surface area contributed by atoms with Crippen molar-refractivity contribution in [2.24, 2.45) is 64.6 Å². The Balaban J connectivity index is 1.37. The molecule has 0 aliphatic heterocycles. The second kappa shape index (κ2) is 10.1. The van der Waals surface area contributed by atoms with Gasteiger partial charge in [0.2, 0.25) is 6.79 Å². The second-order valence-electron chi connectivity index (χ2n) is 13.0. The Hall–Kier alpha value is -0.420. The van der Waals surface area contributed by atoms with E-state index in [1.165, 1.54) is 44.9 Å². The van der Waals surface area contributed by atoms with Crippen molar-refractivity contribution in [3.63, 3.8) is 0 Å². The first-order valence-corrected chi connectivity index (χ1v) is 15.3. The van der Waals surface area contributed by atoms with Crippen molar-refractivity contribution in [3.8, 4) is 0 Å². The lowest BCUT2D eigenvalue weighted by Gasteiger charge is -2.60. The van der Waals surface area contributed by atoms with Gasteiger partial charge in [0.1, 0.15) is 0 Å². The lowest BCUT2D eigenvalue weighted by molar-refractivity contribution is -0.151. The zero-order chi connectivity index (χ0) is 24.8. The summed E-state index contributed by atoms with van der Waals surface area (Å²) in [4.78, 5) is 29.5. The number of rotatable bonds is 7. The summed E-state index contributed by atoms with van der Waals surface area (Å²) < 4.78 is 19.8. The van der Waals surface area contributed by atoms with Crippen molar-refractivity contribution in [2.75, 3.05) is 6.79 Å². The zero-order valence-electron chi connectivity index (χ0n) is 21.8. The Labute approximate surface area is 206 Å². The van der Waals surface area contributed by atoms with Crippen LogP contribution in [0.1, 0.15) is 92.4 Å². The van der Waals surface area contributed by atoms with Gasteiger partial charge in [0.15, 0.2) is 0 Å². The van der Waals surface area contributed by atoms with Gasteiger partial charge in [-0.1, -0.05) is 34.6 Å². The van der Waals surface area contributed by atoms with Gasteiger partial charge in [0.05, 0.1) is 0 Å². The molecule has 0 spiro atoms. The number of phosphoric acid groups is 1. The van der Waals surface area contributed by atoms with Crippen LogP contribution in [0.25, 0.3) is 0 Å². The van der Waals surface area contributed by atoms with Gasteiger partial charge >= 0.3 is 13.8 Å². The molecule has 0 radical (unpaired) electrons. The molecule has 4 fully saturated rings. The molecular weight excluding hydrogens is 451 g/mol. The molecule has 0 aromatic rings. The lowest BCUT2D eigenvalue weighted by atomic mass is 9.45. The Morgan fingerprint density at radius 2 is 1.76 bits per heavy atom. The molecule has 4 saturated carbocycles. The average Bonchev–Trinajstić information content (AvgIpc) is 3.07. The number of hydrogen-bond donors (Lipinski definition) is 2. The van der Waals surface area contributed by atoms with E-state index in [4.69, 9.17) is 14.5 Å². The van der Waals surface area contributed by atoms with E-state index in [1.807, 2.05) is 0 Å². The fourth-order valence-electron chi connectivity index (χ4n) is 9.93. The molecule has 11 atom stereocenters. The molecule has 0 aromatic heterocycles. The number of hydrogen-bond acceptors (Lipinski definition) is 4. The van der Waals surface area contributed by atoms with Crippen LogP contribution in [0.15, 0.2) is 0 Å². The number of esters is 1. The molecule has 0 saturated heterocycles. The third-order valence-electron chi connectivity index (χ3n) is 10.9. The highest BCUT2D eigenvalue weighted by Crippen LogP contribution is 2.67. The van der Waals surface area contributed by atoms with Gasteiger partial charge in [-0.25, -0.2) is 9.09 Å². The predicted octanol–water partition coefficient (Wildman–Crippen LogP) is 6.41. The standard InChI is InChI=1S/C27H47O6P/c1-16-12-18(3)25-20(13-16)14-19(4)26-21(25)10-11-27(5)22(7-8-23(26)27)17(2)6-9-24(28)32-15-33-34(29,30)31/h16-23,25-26H,6-15H2,1-5H3,(H2,29,30,31). The molecule has 0 amide bonds.